The third kappa shape index (κ3) is 2.42. The predicted molar refractivity (Wildman–Crippen MR) is 62.2 cm³/mol. The molecule has 6 heteroatoms. The molecular weight excluding hydrogens is 240 g/mol. The van der Waals surface area contributed by atoms with Crippen molar-refractivity contribution < 1.29 is 23.8 Å². The van der Waals surface area contributed by atoms with Gasteiger partial charge in [0.15, 0.2) is 18.1 Å². The molecule has 0 aliphatic rings. The molecule has 0 aliphatic carbocycles. The highest BCUT2D eigenvalue weighted by molar-refractivity contribution is 5.81. The van der Waals surface area contributed by atoms with Gasteiger partial charge in [0.1, 0.15) is 5.58 Å². The molecule has 0 saturated carbocycles. The highest BCUT2D eigenvalue weighted by Gasteiger charge is 2.10. The Morgan fingerprint density at radius 2 is 2.11 bits per heavy atom. The first-order valence-corrected chi connectivity index (χ1v) is 5.06. The zero-order chi connectivity index (χ0) is 13.1. The number of aliphatic carboxylic acids is 1. The number of methoxy groups -OCH3 is 1. The normalized spacial score (nSPS) is 10.3. The zero-order valence-corrected chi connectivity index (χ0v) is 9.50. The summed E-state index contributed by atoms with van der Waals surface area (Å²) in [6.07, 6.45) is 0. The summed E-state index contributed by atoms with van der Waals surface area (Å²) in [5.74, 6) is -0.522. The van der Waals surface area contributed by atoms with Crippen LogP contribution in [-0.2, 0) is 4.79 Å². The predicted octanol–water partition coefficient (Wildman–Crippen LogP) is 1.26. The van der Waals surface area contributed by atoms with Crippen LogP contribution in [0.5, 0.6) is 11.5 Å². The molecule has 2 rings (SSSR count). The average Bonchev–Trinajstić information content (AvgIpc) is 2.35. The summed E-state index contributed by atoms with van der Waals surface area (Å²) >= 11 is 0. The standard InChI is InChI=1S/C12H10O6/c1-16-9-4-7-2-3-12(15)18-8(7)5-10(9)17-6-11(13)14/h2-5H,6H2,1H3,(H,13,14). The van der Waals surface area contributed by atoms with Gasteiger partial charge in [-0.2, -0.15) is 0 Å². The first-order chi connectivity index (χ1) is 8.60. The smallest absolute Gasteiger partial charge is 0.341 e. The largest absolute Gasteiger partial charge is 0.493 e. The van der Waals surface area contributed by atoms with E-state index in [2.05, 4.69) is 0 Å². The second kappa shape index (κ2) is 4.79. The fourth-order valence-corrected chi connectivity index (χ4v) is 1.49. The van der Waals surface area contributed by atoms with Crippen molar-refractivity contribution in [3.63, 3.8) is 0 Å². The monoisotopic (exact) mass is 250 g/mol. The molecule has 1 heterocycles. The van der Waals surface area contributed by atoms with Crippen LogP contribution in [0.3, 0.4) is 0 Å². The molecule has 6 nitrogen and oxygen atoms in total. The van der Waals surface area contributed by atoms with Crippen LogP contribution in [0.2, 0.25) is 0 Å². The van der Waals surface area contributed by atoms with Gasteiger partial charge in [0.25, 0.3) is 0 Å². The molecule has 18 heavy (non-hydrogen) atoms. The average molecular weight is 250 g/mol. The van der Waals surface area contributed by atoms with Crippen molar-refractivity contribution in [1.29, 1.82) is 0 Å². The summed E-state index contributed by atoms with van der Waals surface area (Å²) in [5, 5.41) is 9.22. The number of ether oxygens (including phenoxy) is 2. The highest BCUT2D eigenvalue weighted by atomic mass is 16.5. The fraction of sp³-hybridized carbons (Fsp3) is 0.167. The molecule has 0 aliphatic heterocycles. The molecule has 0 bridgehead atoms. The molecule has 0 unspecified atom stereocenters. The van der Waals surface area contributed by atoms with E-state index >= 15 is 0 Å². The number of carbonyl (C=O) groups is 1. The Bertz CT molecular complexity index is 643. The van der Waals surface area contributed by atoms with Crippen LogP contribution in [0.15, 0.2) is 33.5 Å². The Hall–Kier alpha value is -2.50. The number of carboxylic acids is 1. The Labute approximate surface area is 101 Å². The first-order valence-electron chi connectivity index (χ1n) is 5.06. The van der Waals surface area contributed by atoms with Crippen molar-refractivity contribution in [3.05, 3.63) is 34.7 Å². The molecule has 0 fully saturated rings. The quantitative estimate of drug-likeness (QED) is 0.822. The van der Waals surface area contributed by atoms with Crippen LogP contribution in [-0.4, -0.2) is 24.8 Å². The highest BCUT2D eigenvalue weighted by Crippen LogP contribution is 2.31. The van der Waals surface area contributed by atoms with Gasteiger partial charge in [0, 0.05) is 17.5 Å². The van der Waals surface area contributed by atoms with Gasteiger partial charge in [-0.1, -0.05) is 0 Å². The van der Waals surface area contributed by atoms with E-state index in [1.807, 2.05) is 0 Å². The van der Waals surface area contributed by atoms with Crippen molar-refractivity contribution >= 4 is 16.9 Å². The van der Waals surface area contributed by atoms with Crippen LogP contribution >= 0.6 is 0 Å². The number of benzene rings is 1. The van der Waals surface area contributed by atoms with Gasteiger partial charge >= 0.3 is 11.6 Å². The third-order valence-electron chi connectivity index (χ3n) is 2.26. The van der Waals surface area contributed by atoms with Gasteiger partial charge in [-0.3, -0.25) is 0 Å². The van der Waals surface area contributed by atoms with E-state index in [0.29, 0.717) is 16.7 Å². The molecule has 2 aromatic rings. The van der Waals surface area contributed by atoms with Crippen molar-refractivity contribution in [2.24, 2.45) is 0 Å². The molecule has 94 valence electrons. The summed E-state index contributed by atoms with van der Waals surface area (Å²) in [5.41, 5.74) is -0.180. The van der Waals surface area contributed by atoms with Gasteiger partial charge in [-0.25, -0.2) is 9.59 Å². The molecule has 0 spiro atoms. The molecule has 0 radical (unpaired) electrons. The van der Waals surface area contributed by atoms with Crippen LogP contribution in [0, 0.1) is 0 Å². The van der Waals surface area contributed by atoms with E-state index in [4.69, 9.17) is 19.0 Å². The third-order valence-corrected chi connectivity index (χ3v) is 2.26. The number of hydrogen-bond donors (Lipinski definition) is 1. The molecular formula is C12H10O6. The number of carboxylic acid groups (broad SMARTS) is 1. The van der Waals surface area contributed by atoms with Gasteiger partial charge in [-0.15, -0.1) is 0 Å². The van der Waals surface area contributed by atoms with E-state index in [9.17, 15) is 9.59 Å². The van der Waals surface area contributed by atoms with E-state index in [1.54, 1.807) is 12.1 Å². The van der Waals surface area contributed by atoms with Gasteiger partial charge in [-0.05, 0) is 12.1 Å². The SMILES string of the molecule is COc1cc2ccc(=O)oc2cc1OCC(=O)O. The first kappa shape index (κ1) is 12.0. The summed E-state index contributed by atoms with van der Waals surface area (Å²) in [7, 11) is 1.44. The topological polar surface area (TPSA) is 86.0 Å². The van der Waals surface area contributed by atoms with Crippen molar-refractivity contribution in [3.8, 4) is 11.5 Å². The lowest BCUT2D eigenvalue weighted by Gasteiger charge is -2.09. The molecule has 1 aromatic carbocycles. The van der Waals surface area contributed by atoms with E-state index in [0.717, 1.165) is 0 Å². The lowest BCUT2D eigenvalue weighted by molar-refractivity contribution is -0.139. The summed E-state index contributed by atoms with van der Waals surface area (Å²) in [4.78, 5) is 21.5. The summed E-state index contributed by atoms with van der Waals surface area (Å²) in [6, 6.07) is 5.91. The second-order valence-corrected chi connectivity index (χ2v) is 3.48. The Morgan fingerprint density at radius 1 is 1.33 bits per heavy atom. The molecule has 0 saturated heterocycles. The minimum absolute atomic E-state index is 0.210. The van der Waals surface area contributed by atoms with Gasteiger partial charge < -0.3 is 19.0 Å². The zero-order valence-electron chi connectivity index (χ0n) is 9.50. The number of hydrogen-bond acceptors (Lipinski definition) is 5. The van der Waals surface area contributed by atoms with Crippen molar-refractivity contribution in [1.82, 2.24) is 0 Å². The Morgan fingerprint density at radius 3 is 2.78 bits per heavy atom. The Kier molecular flexibility index (Phi) is 3.18. The van der Waals surface area contributed by atoms with Crippen LogP contribution in [0.4, 0.5) is 0 Å². The molecule has 0 atom stereocenters. The van der Waals surface area contributed by atoms with Gasteiger partial charge in [0.2, 0.25) is 0 Å². The minimum atomic E-state index is -1.10. The van der Waals surface area contributed by atoms with Gasteiger partial charge in [0.05, 0.1) is 7.11 Å². The molecule has 1 aromatic heterocycles. The Balaban J connectivity index is 2.49. The lowest BCUT2D eigenvalue weighted by Crippen LogP contribution is -2.10. The second-order valence-electron chi connectivity index (χ2n) is 3.48. The summed E-state index contributed by atoms with van der Waals surface area (Å²) < 4.78 is 15.1. The maximum absolute atomic E-state index is 11.1. The molecule has 0 amide bonds. The van der Waals surface area contributed by atoms with E-state index < -0.39 is 18.2 Å². The van der Waals surface area contributed by atoms with Crippen molar-refractivity contribution in [2.75, 3.05) is 13.7 Å². The summed E-state index contributed by atoms with van der Waals surface area (Å²) in [6.45, 7) is -0.501. The fourth-order valence-electron chi connectivity index (χ4n) is 1.49. The van der Waals surface area contributed by atoms with Crippen LogP contribution in [0.1, 0.15) is 0 Å². The van der Waals surface area contributed by atoms with Crippen LogP contribution in [0.25, 0.3) is 11.0 Å². The maximum atomic E-state index is 11.1. The number of fused-ring (bicyclic) bond motifs is 1. The van der Waals surface area contributed by atoms with Crippen molar-refractivity contribution in [2.45, 2.75) is 0 Å². The van der Waals surface area contributed by atoms with E-state index in [1.165, 1.54) is 19.2 Å². The lowest BCUT2D eigenvalue weighted by atomic mass is 10.2. The van der Waals surface area contributed by atoms with E-state index in [-0.39, 0.29) is 5.75 Å². The number of rotatable bonds is 4. The minimum Gasteiger partial charge on any atom is -0.493 e. The van der Waals surface area contributed by atoms with Crippen LogP contribution < -0.4 is 15.1 Å². The molecule has 1 N–H and O–H groups in total. The maximum Gasteiger partial charge on any atom is 0.341 e.